The lowest BCUT2D eigenvalue weighted by Crippen LogP contribution is -2.25. The highest BCUT2D eigenvalue weighted by molar-refractivity contribution is 5.94. The Morgan fingerprint density at radius 1 is 1.35 bits per heavy atom. The zero-order valence-electron chi connectivity index (χ0n) is 13.7. The summed E-state index contributed by atoms with van der Waals surface area (Å²) >= 11 is 0. The molecule has 7 heteroatoms. The van der Waals surface area contributed by atoms with Gasteiger partial charge in [0.1, 0.15) is 24.4 Å². The van der Waals surface area contributed by atoms with E-state index in [4.69, 9.17) is 9.47 Å². The van der Waals surface area contributed by atoms with E-state index in [-0.39, 0.29) is 12.4 Å². The summed E-state index contributed by atoms with van der Waals surface area (Å²) in [4.78, 5) is 15.6. The third-order valence-electron chi connectivity index (χ3n) is 3.35. The Morgan fingerprint density at radius 3 is 2.65 bits per heavy atom. The lowest BCUT2D eigenvalue weighted by atomic mass is 10.1. The first-order chi connectivity index (χ1) is 10.9. The van der Waals surface area contributed by atoms with Gasteiger partial charge >= 0.3 is 0 Å². The van der Waals surface area contributed by atoms with Crippen molar-refractivity contribution in [2.45, 2.75) is 33.4 Å². The average molecular weight is 319 g/mol. The Hall–Kier alpha value is -2.41. The highest BCUT2D eigenvalue weighted by Gasteiger charge is 2.13. The van der Waals surface area contributed by atoms with Gasteiger partial charge in [-0.25, -0.2) is 9.67 Å². The molecule has 7 nitrogen and oxygen atoms in total. The molecule has 2 rings (SSSR count). The number of aryl methyl sites for hydroxylation is 2. The minimum Gasteiger partial charge on any atom is -0.493 e. The number of hydrogen-bond acceptors (Lipinski definition) is 6. The smallest absolute Gasteiger partial charge is 0.161 e. The fraction of sp³-hybridized carbons (Fsp3) is 0.438. The van der Waals surface area contributed by atoms with Crippen molar-refractivity contribution in [3.05, 3.63) is 35.4 Å². The van der Waals surface area contributed by atoms with Crippen molar-refractivity contribution in [2.24, 2.45) is 0 Å². The van der Waals surface area contributed by atoms with Crippen molar-refractivity contribution < 1.29 is 19.4 Å². The van der Waals surface area contributed by atoms with Crippen molar-refractivity contribution in [3.8, 4) is 11.5 Å². The van der Waals surface area contributed by atoms with E-state index in [9.17, 15) is 9.90 Å². The maximum atomic E-state index is 11.4. The summed E-state index contributed by atoms with van der Waals surface area (Å²) in [5.41, 5.74) is 0.545. The number of hydrogen-bond donors (Lipinski definition) is 1. The second-order valence-corrected chi connectivity index (χ2v) is 5.27. The number of aromatic nitrogens is 3. The molecule has 124 valence electrons. The van der Waals surface area contributed by atoms with E-state index in [0.717, 1.165) is 5.82 Å². The van der Waals surface area contributed by atoms with Crippen molar-refractivity contribution in [2.75, 3.05) is 13.7 Å². The number of aliphatic hydroxyl groups is 1. The number of methoxy groups -OCH3 is 1. The van der Waals surface area contributed by atoms with Crippen LogP contribution in [-0.2, 0) is 6.54 Å². The molecule has 2 aromatic rings. The van der Waals surface area contributed by atoms with E-state index < -0.39 is 6.10 Å². The van der Waals surface area contributed by atoms with Crippen molar-refractivity contribution >= 4 is 5.78 Å². The number of benzene rings is 1. The van der Waals surface area contributed by atoms with Gasteiger partial charge in [0.05, 0.1) is 13.7 Å². The first-order valence-corrected chi connectivity index (χ1v) is 7.28. The molecular weight excluding hydrogens is 298 g/mol. The second-order valence-electron chi connectivity index (χ2n) is 5.27. The molecule has 1 aromatic heterocycles. The third-order valence-corrected chi connectivity index (χ3v) is 3.35. The highest BCUT2D eigenvalue weighted by Crippen LogP contribution is 2.28. The Bertz CT molecular complexity index is 697. The molecule has 0 fully saturated rings. The van der Waals surface area contributed by atoms with Gasteiger partial charge in [0.15, 0.2) is 17.3 Å². The second kappa shape index (κ2) is 7.23. The van der Waals surface area contributed by atoms with Gasteiger partial charge in [0.2, 0.25) is 0 Å². The van der Waals surface area contributed by atoms with Gasteiger partial charge in [-0.3, -0.25) is 4.79 Å². The fourth-order valence-corrected chi connectivity index (χ4v) is 2.18. The molecule has 1 aromatic carbocycles. The van der Waals surface area contributed by atoms with E-state index in [1.54, 1.807) is 29.8 Å². The average Bonchev–Trinajstić information content (AvgIpc) is 2.82. The van der Waals surface area contributed by atoms with Crippen molar-refractivity contribution in [3.63, 3.8) is 0 Å². The van der Waals surface area contributed by atoms with E-state index in [1.807, 2.05) is 6.92 Å². The van der Waals surface area contributed by atoms with Crippen LogP contribution >= 0.6 is 0 Å². The predicted octanol–water partition coefficient (Wildman–Crippen LogP) is 1.55. The van der Waals surface area contributed by atoms with Gasteiger partial charge in [-0.15, -0.1) is 0 Å². The van der Waals surface area contributed by atoms with Gasteiger partial charge in [0, 0.05) is 5.56 Å². The minimum absolute atomic E-state index is 0.0492. The molecule has 0 aliphatic heterocycles. The molecule has 0 saturated heterocycles. The number of Topliss-reactive ketones (excluding diaryl/α,β-unsaturated/α-hetero) is 1. The van der Waals surface area contributed by atoms with E-state index in [2.05, 4.69) is 10.1 Å². The van der Waals surface area contributed by atoms with Crippen LogP contribution in [0.25, 0.3) is 0 Å². The predicted molar refractivity (Wildman–Crippen MR) is 84.0 cm³/mol. The molecule has 0 bridgehead atoms. The zero-order valence-corrected chi connectivity index (χ0v) is 13.7. The fourth-order valence-electron chi connectivity index (χ4n) is 2.18. The summed E-state index contributed by atoms with van der Waals surface area (Å²) in [5, 5.41) is 14.3. The van der Waals surface area contributed by atoms with Crippen LogP contribution < -0.4 is 9.47 Å². The molecule has 1 heterocycles. The van der Waals surface area contributed by atoms with Crippen LogP contribution in [0.3, 0.4) is 0 Å². The molecule has 0 spiro atoms. The number of rotatable bonds is 7. The van der Waals surface area contributed by atoms with Gasteiger partial charge in [0.25, 0.3) is 0 Å². The molecule has 0 aliphatic carbocycles. The molecule has 23 heavy (non-hydrogen) atoms. The first kappa shape index (κ1) is 17.0. The Labute approximate surface area is 134 Å². The zero-order chi connectivity index (χ0) is 17.0. The number of carbonyl (C=O) groups is 1. The molecule has 0 radical (unpaired) electrons. The van der Waals surface area contributed by atoms with E-state index >= 15 is 0 Å². The van der Waals surface area contributed by atoms with Crippen LogP contribution in [0.2, 0.25) is 0 Å². The number of aliphatic hydroxyl groups excluding tert-OH is 1. The third kappa shape index (κ3) is 4.29. The summed E-state index contributed by atoms with van der Waals surface area (Å²) in [6.07, 6.45) is -0.744. The Morgan fingerprint density at radius 2 is 2.09 bits per heavy atom. The molecule has 1 unspecified atom stereocenters. The summed E-state index contributed by atoms with van der Waals surface area (Å²) in [6, 6.07) is 4.94. The quantitative estimate of drug-likeness (QED) is 0.779. The van der Waals surface area contributed by atoms with Crippen LogP contribution in [0.15, 0.2) is 18.2 Å². The largest absolute Gasteiger partial charge is 0.493 e. The summed E-state index contributed by atoms with van der Waals surface area (Å²) in [7, 11) is 1.50. The maximum Gasteiger partial charge on any atom is 0.161 e. The van der Waals surface area contributed by atoms with E-state index in [1.165, 1.54) is 14.0 Å². The Balaban J connectivity index is 1.99. The SMILES string of the molecule is COc1cc(C(C)=O)ccc1OCC(O)Cn1nc(C)nc1C. The molecular formula is C16H21N3O4. The van der Waals surface area contributed by atoms with Gasteiger partial charge in [-0.1, -0.05) is 0 Å². The van der Waals surface area contributed by atoms with Crippen LogP contribution in [0.5, 0.6) is 11.5 Å². The van der Waals surface area contributed by atoms with Gasteiger partial charge < -0.3 is 14.6 Å². The van der Waals surface area contributed by atoms with Gasteiger partial charge in [-0.05, 0) is 39.0 Å². The van der Waals surface area contributed by atoms with Crippen LogP contribution in [0.1, 0.15) is 28.9 Å². The maximum absolute atomic E-state index is 11.4. The highest BCUT2D eigenvalue weighted by atomic mass is 16.5. The lowest BCUT2D eigenvalue weighted by Gasteiger charge is -2.15. The van der Waals surface area contributed by atoms with E-state index in [0.29, 0.717) is 29.4 Å². The molecule has 0 amide bonds. The molecule has 0 saturated carbocycles. The monoisotopic (exact) mass is 319 g/mol. The summed E-state index contributed by atoms with van der Waals surface area (Å²) in [6.45, 7) is 5.49. The number of ketones is 1. The van der Waals surface area contributed by atoms with Crippen molar-refractivity contribution in [1.82, 2.24) is 14.8 Å². The van der Waals surface area contributed by atoms with Gasteiger partial charge in [-0.2, -0.15) is 5.10 Å². The number of ether oxygens (including phenoxy) is 2. The Kier molecular flexibility index (Phi) is 5.33. The standard InChI is InChI=1S/C16H21N3O4/c1-10(20)13-5-6-15(16(7-13)22-4)23-9-14(21)8-19-12(3)17-11(2)18-19/h5-7,14,21H,8-9H2,1-4H3. The van der Waals surface area contributed by atoms with Crippen LogP contribution in [-0.4, -0.2) is 45.5 Å². The number of carbonyl (C=O) groups excluding carboxylic acids is 1. The molecule has 0 aliphatic rings. The summed E-state index contributed by atoms with van der Waals surface area (Å²) < 4.78 is 12.5. The molecule has 1 atom stereocenters. The normalized spacial score (nSPS) is 12.0. The van der Waals surface area contributed by atoms with Crippen LogP contribution in [0.4, 0.5) is 0 Å². The number of nitrogens with zero attached hydrogens (tertiary/aromatic N) is 3. The first-order valence-electron chi connectivity index (χ1n) is 7.28. The summed E-state index contributed by atoms with van der Waals surface area (Å²) in [5.74, 6) is 2.29. The molecule has 1 N–H and O–H groups in total. The topological polar surface area (TPSA) is 86.5 Å². The van der Waals surface area contributed by atoms with Crippen molar-refractivity contribution in [1.29, 1.82) is 0 Å². The van der Waals surface area contributed by atoms with Crippen LogP contribution in [0, 0.1) is 13.8 Å². The lowest BCUT2D eigenvalue weighted by molar-refractivity contribution is 0.0870. The minimum atomic E-state index is -0.744.